The van der Waals surface area contributed by atoms with E-state index >= 15 is 0 Å². The summed E-state index contributed by atoms with van der Waals surface area (Å²) in [6.45, 7) is 2.08. The molecule has 1 aliphatic rings. The summed E-state index contributed by atoms with van der Waals surface area (Å²) in [7, 11) is 0. The van der Waals surface area contributed by atoms with Crippen molar-refractivity contribution in [3.05, 3.63) is 71.3 Å². The molecule has 0 bridgehead atoms. The molecule has 17 heavy (non-hydrogen) atoms. The van der Waals surface area contributed by atoms with Gasteiger partial charge in [0.2, 0.25) is 0 Å². The Bertz CT molecular complexity index is 555. The van der Waals surface area contributed by atoms with E-state index in [1.165, 1.54) is 11.1 Å². The van der Waals surface area contributed by atoms with Crippen LogP contribution in [-0.2, 0) is 0 Å². The molecule has 1 heterocycles. The van der Waals surface area contributed by atoms with Crippen LogP contribution in [0.4, 0.5) is 0 Å². The van der Waals surface area contributed by atoms with Gasteiger partial charge in [-0.25, -0.2) is 0 Å². The summed E-state index contributed by atoms with van der Waals surface area (Å²) in [5.74, 6) is 0.973. The third-order valence-electron chi connectivity index (χ3n) is 3.00. The normalized spacial score (nSPS) is 17.4. The first-order valence-electron chi connectivity index (χ1n) is 5.83. The van der Waals surface area contributed by atoms with E-state index in [4.69, 9.17) is 4.74 Å². The fourth-order valence-corrected chi connectivity index (χ4v) is 2.07. The Kier molecular flexibility index (Phi) is 2.45. The Morgan fingerprint density at radius 3 is 2.65 bits per heavy atom. The molecule has 1 atom stereocenters. The molecular formula is C16H14O. The van der Waals surface area contributed by atoms with Gasteiger partial charge in [-0.05, 0) is 30.2 Å². The van der Waals surface area contributed by atoms with Crippen LogP contribution in [0.25, 0.3) is 6.08 Å². The monoisotopic (exact) mass is 222 g/mol. The molecule has 0 amide bonds. The van der Waals surface area contributed by atoms with E-state index in [0.29, 0.717) is 0 Å². The lowest BCUT2D eigenvalue weighted by atomic mass is 10.0. The maximum atomic E-state index is 6.01. The average Bonchev–Trinajstić information content (AvgIpc) is 2.39. The molecule has 0 saturated heterocycles. The SMILES string of the molecule is Cc1ccc2c(c1)O[C@@H](c1ccccc1)C=C2. The van der Waals surface area contributed by atoms with Gasteiger partial charge in [-0.1, -0.05) is 48.5 Å². The summed E-state index contributed by atoms with van der Waals surface area (Å²) in [5, 5.41) is 0. The number of fused-ring (bicyclic) bond motifs is 1. The number of ether oxygens (including phenoxy) is 1. The minimum absolute atomic E-state index is 0.0329. The lowest BCUT2D eigenvalue weighted by Gasteiger charge is -2.22. The molecule has 0 fully saturated rings. The molecule has 2 aromatic rings. The van der Waals surface area contributed by atoms with Crippen LogP contribution in [-0.4, -0.2) is 0 Å². The Morgan fingerprint density at radius 1 is 1.00 bits per heavy atom. The first kappa shape index (κ1) is 10.2. The summed E-state index contributed by atoms with van der Waals surface area (Å²) in [6.07, 6.45) is 4.27. The topological polar surface area (TPSA) is 9.23 Å². The fraction of sp³-hybridized carbons (Fsp3) is 0.125. The van der Waals surface area contributed by atoms with Crippen molar-refractivity contribution < 1.29 is 4.74 Å². The maximum Gasteiger partial charge on any atom is 0.142 e. The summed E-state index contributed by atoms with van der Waals surface area (Å²) in [5.41, 5.74) is 3.57. The molecule has 0 N–H and O–H groups in total. The largest absolute Gasteiger partial charge is 0.481 e. The Labute approximate surface area is 101 Å². The maximum absolute atomic E-state index is 6.01. The predicted molar refractivity (Wildman–Crippen MR) is 70.0 cm³/mol. The van der Waals surface area contributed by atoms with Gasteiger partial charge in [0, 0.05) is 5.56 Å². The molecule has 0 unspecified atom stereocenters. The fourth-order valence-electron chi connectivity index (χ4n) is 2.07. The number of aryl methyl sites for hydroxylation is 1. The van der Waals surface area contributed by atoms with E-state index in [1.807, 2.05) is 18.2 Å². The van der Waals surface area contributed by atoms with Crippen molar-refractivity contribution in [1.82, 2.24) is 0 Å². The molecular weight excluding hydrogens is 208 g/mol. The van der Waals surface area contributed by atoms with E-state index in [1.54, 1.807) is 0 Å². The van der Waals surface area contributed by atoms with Crippen molar-refractivity contribution in [2.45, 2.75) is 13.0 Å². The molecule has 1 aliphatic heterocycles. The molecule has 0 aliphatic carbocycles. The predicted octanol–water partition coefficient (Wildman–Crippen LogP) is 4.14. The third kappa shape index (κ3) is 1.96. The lowest BCUT2D eigenvalue weighted by molar-refractivity contribution is 0.251. The molecule has 2 aromatic carbocycles. The van der Waals surface area contributed by atoms with Crippen LogP contribution in [0, 0.1) is 6.92 Å². The molecule has 0 aromatic heterocycles. The van der Waals surface area contributed by atoms with Crippen LogP contribution in [0.3, 0.4) is 0 Å². The first-order valence-corrected chi connectivity index (χ1v) is 5.83. The van der Waals surface area contributed by atoms with Crippen LogP contribution < -0.4 is 4.74 Å². The Balaban J connectivity index is 1.95. The molecule has 1 heteroatoms. The van der Waals surface area contributed by atoms with Crippen molar-refractivity contribution in [2.75, 3.05) is 0 Å². The third-order valence-corrected chi connectivity index (χ3v) is 3.00. The van der Waals surface area contributed by atoms with Crippen molar-refractivity contribution in [3.63, 3.8) is 0 Å². The van der Waals surface area contributed by atoms with Crippen molar-refractivity contribution in [2.24, 2.45) is 0 Å². The quantitative estimate of drug-likeness (QED) is 0.704. The lowest BCUT2D eigenvalue weighted by Crippen LogP contribution is -2.08. The van der Waals surface area contributed by atoms with Crippen molar-refractivity contribution in [3.8, 4) is 5.75 Å². The summed E-state index contributed by atoms with van der Waals surface area (Å²) < 4.78 is 6.01. The van der Waals surface area contributed by atoms with Crippen LogP contribution in [0.2, 0.25) is 0 Å². The van der Waals surface area contributed by atoms with Gasteiger partial charge in [0.15, 0.2) is 0 Å². The molecule has 84 valence electrons. The van der Waals surface area contributed by atoms with E-state index in [0.717, 1.165) is 11.3 Å². The smallest absolute Gasteiger partial charge is 0.142 e. The van der Waals surface area contributed by atoms with Gasteiger partial charge in [-0.3, -0.25) is 0 Å². The number of rotatable bonds is 1. The van der Waals surface area contributed by atoms with Gasteiger partial charge >= 0.3 is 0 Å². The van der Waals surface area contributed by atoms with Crippen LogP contribution in [0.1, 0.15) is 22.8 Å². The van der Waals surface area contributed by atoms with Gasteiger partial charge in [-0.2, -0.15) is 0 Å². The Hall–Kier alpha value is -2.02. The minimum atomic E-state index is 0.0329. The number of hydrogen-bond acceptors (Lipinski definition) is 1. The van der Waals surface area contributed by atoms with Gasteiger partial charge in [0.05, 0.1) is 0 Å². The van der Waals surface area contributed by atoms with E-state index in [9.17, 15) is 0 Å². The second-order valence-electron chi connectivity index (χ2n) is 4.35. The molecule has 0 saturated carbocycles. The molecule has 1 nitrogen and oxygen atoms in total. The number of benzene rings is 2. The molecule has 3 rings (SSSR count). The highest BCUT2D eigenvalue weighted by Gasteiger charge is 2.15. The average molecular weight is 222 g/mol. The van der Waals surface area contributed by atoms with Crippen LogP contribution in [0.15, 0.2) is 54.6 Å². The highest BCUT2D eigenvalue weighted by atomic mass is 16.5. The standard InChI is InChI=1S/C16H14O/c1-12-7-8-14-9-10-15(17-16(14)11-12)13-5-3-2-4-6-13/h2-11,15H,1H3/t15-/m1/s1. The van der Waals surface area contributed by atoms with Gasteiger partial charge < -0.3 is 4.74 Å². The van der Waals surface area contributed by atoms with Crippen LogP contribution >= 0.6 is 0 Å². The highest BCUT2D eigenvalue weighted by Crippen LogP contribution is 2.32. The summed E-state index contributed by atoms with van der Waals surface area (Å²) in [6, 6.07) is 16.6. The van der Waals surface area contributed by atoms with E-state index in [2.05, 4.69) is 49.4 Å². The van der Waals surface area contributed by atoms with Gasteiger partial charge in [-0.15, -0.1) is 0 Å². The highest BCUT2D eigenvalue weighted by molar-refractivity contribution is 5.61. The minimum Gasteiger partial charge on any atom is -0.481 e. The second-order valence-corrected chi connectivity index (χ2v) is 4.35. The van der Waals surface area contributed by atoms with Crippen LogP contribution in [0.5, 0.6) is 5.75 Å². The zero-order valence-corrected chi connectivity index (χ0v) is 9.76. The first-order chi connectivity index (χ1) is 8.33. The summed E-state index contributed by atoms with van der Waals surface area (Å²) in [4.78, 5) is 0. The molecule has 0 spiro atoms. The van der Waals surface area contributed by atoms with E-state index in [-0.39, 0.29) is 6.10 Å². The zero-order valence-electron chi connectivity index (χ0n) is 9.76. The Morgan fingerprint density at radius 2 is 1.82 bits per heavy atom. The molecule has 0 radical (unpaired) electrons. The second kappa shape index (κ2) is 4.10. The van der Waals surface area contributed by atoms with Crippen molar-refractivity contribution >= 4 is 6.08 Å². The summed E-state index contributed by atoms with van der Waals surface area (Å²) >= 11 is 0. The van der Waals surface area contributed by atoms with E-state index < -0.39 is 0 Å². The van der Waals surface area contributed by atoms with Crippen molar-refractivity contribution in [1.29, 1.82) is 0 Å². The zero-order chi connectivity index (χ0) is 11.7. The van der Waals surface area contributed by atoms with Gasteiger partial charge in [0.1, 0.15) is 11.9 Å². The number of hydrogen-bond donors (Lipinski definition) is 0. The van der Waals surface area contributed by atoms with Gasteiger partial charge in [0.25, 0.3) is 0 Å².